The van der Waals surface area contributed by atoms with Gasteiger partial charge in [0.05, 0.1) is 11.9 Å². The van der Waals surface area contributed by atoms with Gasteiger partial charge in [-0.05, 0) is 25.0 Å². The van der Waals surface area contributed by atoms with Crippen LogP contribution in [0, 0.1) is 0 Å². The molecule has 1 aromatic heterocycles. The van der Waals surface area contributed by atoms with E-state index >= 15 is 0 Å². The third-order valence-corrected chi connectivity index (χ3v) is 3.21. The number of phenols is 1. The molecule has 0 bridgehead atoms. The van der Waals surface area contributed by atoms with Crippen molar-refractivity contribution in [1.82, 2.24) is 9.55 Å². The first-order valence-corrected chi connectivity index (χ1v) is 5.87. The van der Waals surface area contributed by atoms with Crippen molar-refractivity contribution >= 4 is 0 Å². The average molecular weight is 229 g/mol. The number of benzene rings is 1. The predicted molar refractivity (Wildman–Crippen MR) is 65.5 cm³/mol. The fourth-order valence-corrected chi connectivity index (χ4v) is 2.32. The predicted octanol–water partition coefficient (Wildman–Crippen LogP) is 2.05. The molecule has 0 spiro atoms. The number of phenolic OH excluding ortho intramolecular Hbond substituents is 1. The Kier molecular flexibility index (Phi) is 2.37. The van der Waals surface area contributed by atoms with Crippen LogP contribution in [0.5, 0.6) is 5.75 Å². The fraction of sp³-hybridized carbons (Fsp3) is 0.308. The van der Waals surface area contributed by atoms with Crippen LogP contribution in [-0.4, -0.2) is 14.7 Å². The van der Waals surface area contributed by atoms with Gasteiger partial charge in [0.25, 0.3) is 0 Å². The van der Waals surface area contributed by atoms with Gasteiger partial charge in [-0.15, -0.1) is 0 Å². The maximum atomic E-state index is 9.47. The van der Waals surface area contributed by atoms with E-state index < -0.39 is 0 Å². The van der Waals surface area contributed by atoms with E-state index in [0.29, 0.717) is 0 Å². The normalized spacial score (nSPS) is 19.0. The molecule has 2 heterocycles. The molecular formula is C13H15N3O. The van der Waals surface area contributed by atoms with Crippen LogP contribution in [0.3, 0.4) is 0 Å². The highest BCUT2D eigenvalue weighted by Crippen LogP contribution is 2.27. The lowest BCUT2D eigenvalue weighted by Gasteiger charge is -2.20. The topological polar surface area (TPSA) is 64.1 Å². The van der Waals surface area contributed by atoms with Crippen molar-refractivity contribution in [2.45, 2.75) is 25.4 Å². The SMILES string of the molecule is NC1CCCc2nc(-c3cccc(O)c3)cn21. The summed E-state index contributed by atoms with van der Waals surface area (Å²) in [7, 11) is 0. The van der Waals surface area contributed by atoms with Crippen LogP contribution in [0.2, 0.25) is 0 Å². The highest BCUT2D eigenvalue weighted by Gasteiger charge is 2.18. The first-order chi connectivity index (χ1) is 8.24. The van der Waals surface area contributed by atoms with E-state index in [1.54, 1.807) is 12.1 Å². The number of aromatic nitrogens is 2. The second kappa shape index (κ2) is 3.89. The molecule has 88 valence electrons. The monoisotopic (exact) mass is 229 g/mol. The van der Waals surface area contributed by atoms with Crippen LogP contribution in [0.25, 0.3) is 11.3 Å². The number of rotatable bonds is 1. The van der Waals surface area contributed by atoms with Crippen molar-refractivity contribution < 1.29 is 5.11 Å². The molecule has 1 aliphatic rings. The van der Waals surface area contributed by atoms with Crippen molar-refractivity contribution in [2.24, 2.45) is 5.73 Å². The van der Waals surface area contributed by atoms with Crippen LogP contribution in [0.15, 0.2) is 30.5 Å². The first-order valence-electron chi connectivity index (χ1n) is 5.87. The molecule has 0 amide bonds. The van der Waals surface area contributed by atoms with E-state index in [-0.39, 0.29) is 11.9 Å². The molecule has 0 radical (unpaired) electrons. The third-order valence-electron chi connectivity index (χ3n) is 3.21. The highest BCUT2D eigenvalue weighted by molar-refractivity contribution is 5.60. The van der Waals surface area contributed by atoms with Gasteiger partial charge in [0, 0.05) is 18.2 Å². The molecule has 1 atom stereocenters. The van der Waals surface area contributed by atoms with E-state index in [1.165, 1.54) is 0 Å². The molecular weight excluding hydrogens is 214 g/mol. The lowest BCUT2D eigenvalue weighted by molar-refractivity contribution is 0.408. The molecule has 1 unspecified atom stereocenters. The van der Waals surface area contributed by atoms with E-state index in [0.717, 1.165) is 36.3 Å². The van der Waals surface area contributed by atoms with Gasteiger partial charge < -0.3 is 15.4 Å². The average Bonchev–Trinajstić information content (AvgIpc) is 2.74. The molecule has 3 N–H and O–H groups in total. The summed E-state index contributed by atoms with van der Waals surface area (Å²) < 4.78 is 2.04. The highest BCUT2D eigenvalue weighted by atomic mass is 16.3. The minimum Gasteiger partial charge on any atom is -0.508 e. The lowest BCUT2D eigenvalue weighted by atomic mass is 10.1. The zero-order valence-electron chi connectivity index (χ0n) is 9.50. The van der Waals surface area contributed by atoms with E-state index in [4.69, 9.17) is 5.73 Å². The van der Waals surface area contributed by atoms with Gasteiger partial charge >= 0.3 is 0 Å². The molecule has 1 aliphatic heterocycles. The van der Waals surface area contributed by atoms with E-state index in [2.05, 4.69) is 4.98 Å². The van der Waals surface area contributed by atoms with Crippen molar-refractivity contribution in [3.05, 3.63) is 36.3 Å². The summed E-state index contributed by atoms with van der Waals surface area (Å²) in [5, 5.41) is 9.47. The Morgan fingerprint density at radius 3 is 3.06 bits per heavy atom. The lowest BCUT2D eigenvalue weighted by Crippen LogP contribution is -2.24. The first kappa shape index (κ1) is 10.4. The standard InChI is InChI=1S/C13H15N3O/c14-12-5-2-6-13-15-11(8-16(12)13)9-3-1-4-10(17)7-9/h1,3-4,7-8,12,17H,2,5-6,14H2. The second-order valence-corrected chi connectivity index (χ2v) is 4.46. The zero-order valence-corrected chi connectivity index (χ0v) is 9.50. The zero-order chi connectivity index (χ0) is 11.8. The molecule has 2 aromatic rings. The Morgan fingerprint density at radius 2 is 2.29 bits per heavy atom. The molecule has 0 saturated carbocycles. The minimum atomic E-state index is 0.0392. The molecule has 0 aliphatic carbocycles. The van der Waals surface area contributed by atoms with Gasteiger partial charge in [-0.2, -0.15) is 0 Å². The maximum absolute atomic E-state index is 9.47. The Labute approximate surface area is 99.7 Å². The minimum absolute atomic E-state index is 0.0392. The number of aryl methyl sites for hydroxylation is 1. The van der Waals surface area contributed by atoms with E-state index in [9.17, 15) is 5.11 Å². The number of aromatic hydroxyl groups is 1. The summed E-state index contributed by atoms with van der Waals surface area (Å²) in [5.41, 5.74) is 7.85. The largest absolute Gasteiger partial charge is 0.508 e. The van der Waals surface area contributed by atoms with E-state index in [1.807, 2.05) is 22.9 Å². The molecule has 3 rings (SSSR count). The van der Waals surface area contributed by atoms with Gasteiger partial charge in [0.1, 0.15) is 11.6 Å². The van der Waals surface area contributed by atoms with Gasteiger partial charge in [-0.1, -0.05) is 12.1 Å². The Morgan fingerprint density at radius 1 is 1.41 bits per heavy atom. The number of fused-ring (bicyclic) bond motifs is 1. The van der Waals surface area contributed by atoms with Gasteiger partial charge in [-0.25, -0.2) is 4.98 Å². The van der Waals surface area contributed by atoms with Crippen LogP contribution < -0.4 is 5.73 Å². The molecule has 4 nitrogen and oxygen atoms in total. The maximum Gasteiger partial charge on any atom is 0.116 e. The molecule has 0 saturated heterocycles. The molecule has 0 fully saturated rings. The number of hydrogen-bond donors (Lipinski definition) is 2. The summed E-state index contributed by atoms with van der Waals surface area (Å²) in [5.74, 6) is 1.31. The quantitative estimate of drug-likeness (QED) is 0.786. The van der Waals surface area contributed by atoms with Crippen LogP contribution >= 0.6 is 0 Å². The Balaban J connectivity index is 2.05. The molecule has 4 heteroatoms. The fourth-order valence-electron chi connectivity index (χ4n) is 2.32. The van der Waals surface area contributed by atoms with Crippen LogP contribution in [-0.2, 0) is 6.42 Å². The number of imidazole rings is 1. The summed E-state index contributed by atoms with van der Waals surface area (Å²) in [6, 6.07) is 7.15. The second-order valence-electron chi connectivity index (χ2n) is 4.46. The molecule has 17 heavy (non-hydrogen) atoms. The van der Waals surface area contributed by atoms with Crippen LogP contribution in [0.4, 0.5) is 0 Å². The smallest absolute Gasteiger partial charge is 0.116 e. The summed E-state index contributed by atoms with van der Waals surface area (Å²) in [6.07, 6.45) is 5.10. The third kappa shape index (κ3) is 1.80. The Bertz CT molecular complexity index is 547. The van der Waals surface area contributed by atoms with Crippen molar-refractivity contribution in [3.8, 4) is 17.0 Å². The number of hydrogen-bond acceptors (Lipinski definition) is 3. The van der Waals surface area contributed by atoms with Gasteiger partial charge in [-0.3, -0.25) is 0 Å². The van der Waals surface area contributed by atoms with Gasteiger partial charge in [0.15, 0.2) is 0 Å². The number of nitrogens with zero attached hydrogens (tertiary/aromatic N) is 2. The van der Waals surface area contributed by atoms with Crippen molar-refractivity contribution in [3.63, 3.8) is 0 Å². The van der Waals surface area contributed by atoms with Crippen molar-refractivity contribution in [1.29, 1.82) is 0 Å². The van der Waals surface area contributed by atoms with Crippen LogP contribution in [0.1, 0.15) is 24.8 Å². The summed E-state index contributed by atoms with van der Waals surface area (Å²) in [4.78, 5) is 4.58. The molecule has 1 aromatic carbocycles. The van der Waals surface area contributed by atoms with Crippen molar-refractivity contribution in [2.75, 3.05) is 0 Å². The summed E-state index contributed by atoms with van der Waals surface area (Å²) in [6.45, 7) is 0. The number of nitrogens with two attached hydrogens (primary N) is 1. The van der Waals surface area contributed by atoms with Gasteiger partial charge in [0.2, 0.25) is 0 Å². The Hall–Kier alpha value is -1.81. The summed E-state index contributed by atoms with van der Waals surface area (Å²) >= 11 is 0.